The molecule has 6 heteroatoms. The number of carboxylic acid groups (broad SMARTS) is 1. The number of amides is 2. The van der Waals surface area contributed by atoms with Crippen molar-refractivity contribution in [3.05, 3.63) is 0 Å². The highest BCUT2D eigenvalue weighted by Crippen LogP contribution is 2.32. The number of carbonyl (C=O) groups is 2. The Balaban J connectivity index is 2.07. The van der Waals surface area contributed by atoms with Gasteiger partial charge in [-0.15, -0.1) is 0 Å². The Hall–Kier alpha value is -1.30. The van der Waals surface area contributed by atoms with Crippen LogP contribution in [-0.4, -0.2) is 42.9 Å². The van der Waals surface area contributed by atoms with Gasteiger partial charge in [0.2, 0.25) is 0 Å². The molecule has 0 heterocycles. The van der Waals surface area contributed by atoms with Crippen LogP contribution in [0.5, 0.6) is 0 Å². The SMILES string of the molecule is CCCOCCCNC(=O)NC(C(=O)O)C1CC1. The Morgan fingerprint density at radius 3 is 2.67 bits per heavy atom. The van der Waals surface area contributed by atoms with E-state index in [1.807, 2.05) is 6.92 Å². The van der Waals surface area contributed by atoms with Gasteiger partial charge in [0.05, 0.1) is 0 Å². The molecule has 0 spiro atoms. The first-order chi connectivity index (χ1) is 8.65. The fourth-order valence-electron chi connectivity index (χ4n) is 1.63. The lowest BCUT2D eigenvalue weighted by molar-refractivity contribution is -0.139. The van der Waals surface area contributed by atoms with Gasteiger partial charge in [-0.05, 0) is 31.6 Å². The predicted octanol–water partition coefficient (Wildman–Crippen LogP) is 0.965. The van der Waals surface area contributed by atoms with E-state index < -0.39 is 18.0 Å². The number of carbonyl (C=O) groups excluding carboxylic acids is 1. The highest BCUT2D eigenvalue weighted by molar-refractivity contribution is 5.83. The lowest BCUT2D eigenvalue weighted by atomic mass is 10.2. The third-order valence-corrected chi connectivity index (χ3v) is 2.75. The highest BCUT2D eigenvalue weighted by Gasteiger charge is 2.37. The average molecular weight is 258 g/mol. The van der Waals surface area contributed by atoms with Crippen LogP contribution in [0.25, 0.3) is 0 Å². The second kappa shape index (κ2) is 7.92. The molecule has 1 unspecified atom stereocenters. The van der Waals surface area contributed by atoms with Crippen molar-refractivity contribution in [3.8, 4) is 0 Å². The van der Waals surface area contributed by atoms with Crippen molar-refractivity contribution in [2.24, 2.45) is 5.92 Å². The molecule has 0 radical (unpaired) electrons. The topological polar surface area (TPSA) is 87.7 Å². The van der Waals surface area contributed by atoms with Crippen LogP contribution in [0.15, 0.2) is 0 Å². The molecular formula is C12H22N2O4. The number of ether oxygens (including phenoxy) is 1. The zero-order valence-electron chi connectivity index (χ0n) is 10.8. The first-order valence-electron chi connectivity index (χ1n) is 6.50. The van der Waals surface area contributed by atoms with E-state index in [-0.39, 0.29) is 5.92 Å². The number of hydrogen-bond acceptors (Lipinski definition) is 3. The van der Waals surface area contributed by atoms with Crippen LogP contribution in [0.4, 0.5) is 4.79 Å². The fourth-order valence-corrected chi connectivity index (χ4v) is 1.63. The second-order valence-electron chi connectivity index (χ2n) is 4.52. The molecule has 1 aliphatic rings. The van der Waals surface area contributed by atoms with Crippen LogP contribution in [0.1, 0.15) is 32.6 Å². The molecule has 1 rings (SSSR count). The minimum atomic E-state index is -0.959. The summed E-state index contributed by atoms with van der Waals surface area (Å²) >= 11 is 0. The largest absolute Gasteiger partial charge is 0.480 e. The third kappa shape index (κ3) is 5.86. The van der Waals surface area contributed by atoms with Crippen molar-refractivity contribution >= 4 is 12.0 Å². The Labute approximate surface area is 107 Å². The summed E-state index contributed by atoms with van der Waals surface area (Å²) in [6, 6.07) is -1.16. The summed E-state index contributed by atoms with van der Waals surface area (Å²) in [7, 11) is 0. The smallest absolute Gasteiger partial charge is 0.326 e. The Bertz CT molecular complexity index is 279. The van der Waals surface area contributed by atoms with Crippen molar-refractivity contribution in [2.45, 2.75) is 38.6 Å². The summed E-state index contributed by atoms with van der Waals surface area (Å²) in [4.78, 5) is 22.4. The summed E-state index contributed by atoms with van der Waals surface area (Å²) in [6.07, 6.45) is 3.47. The third-order valence-electron chi connectivity index (χ3n) is 2.75. The van der Waals surface area contributed by atoms with Crippen LogP contribution >= 0.6 is 0 Å². The molecule has 1 aliphatic carbocycles. The Morgan fingerprint density at radius 2 is 2.11 bits per heavy atom. The molecule has 0 aliphatic heterocycles. The van der Waals surface area contributed by atoms with E-state index in [0.717, 1.165) is 32.3 Å². The number of carboxylic acids is 1. The fraction of sp³-hybridized carbons (Fsp3) is 0.833. The maximum atomic E-state index is 11.5. The molecule has 1 saturated carbocycles. The minimum absolute atomic E-state index is 0.0983. The van der Waals surface area contributed by atoms with Crippen LogP contribution < -0.4 is 10.6 Å². The first-order valence-corrected chi connectivity index (χ1v) is 6.50. The minimum Gasteiger partial charge on any atom is -0.480 e. The molecule has 3 N–H and O–H groups in total. The van der Waals surface area contributed by atoms with Crippen molar-refractivity contribution in [1.82, 2.24) is 10.6 Å². The molecule has 2 amide bonds. The van der Waals surface area contributed by atoms with Crippen molar-refractivity contribution < 1.29 is 19.4 Å². The zero-order valence-corrected chi connectivity index (χ0v) is 10.8. The van der Waals surface area contributed by atoms with Crippen molar-refractivity contribution in [2.75, 3.05) is 19.8 Å². The van der Waals surface area contributed by atoms with Gasteiger partial charge in [0.1, 0.15) is 6.04 Å². The lowest BCUT2D eigenvalue weighted by Crippen LogP contribution is -2.47. The number of nitrogens with one attached hydrogen (secondary N) is 2. The van der Waals surface area contributed by atoms with Gasteiger partial charge in [-0.3, -0.25) is 0 Å². The number of urea groups is 1. The molecular weight excluding hydrogens is 236 g/mol. The molecule has 18 heavy (non-hydrogen) atoms. The monoisotopic (exact) mass is 258 g/mol. The summed E-state index contributed by atoms with van der Waals surface area (Å²) < 4.78 is 5.27. The molecule has 6 nitrogen and oxygen atoms in total. The van der Waals surface area contributed by atoms with Gasteiger partial charge in [0.25, 0.3) is 0 Å². The normalized spacial score (nSPS) is 16.1. The van der Waals surface area contributed by atoms with E-state index in [0.29, 0.717) is 13.2 Å². The van der Waals surface area contributed by atoms with Crippen LogP contribution in [0, 0.1) is 5.92 Å². The summed E-state index contributed by atoms with van der Waals surface area (Å²) in [6.45, 7) is 3.87. The molecule has 1 atom stereocenters. The highest BCUT2D eigenvalue weighted by atomic mass is 16.5. The van der Waals surface area contributed by atoms with Gasteiger partial charge >= 0.3 is 12.0 Å². The van der Waals surface area contributed by atoms with Gasteiger partial charge in [0.15, 0.2) is 0 Å². The molecule has 1 fully saturated rings. The molecule has 0 saturated heterocycles. The maximum absolute atomic E-state index is 11.5. The van der Waals surface area contributed by atoms with Gasteiger partial charge in [-0.2, -0.15) is 0 Å². The van der Waals surface area contributed by atoms with E-state index in [4.69, 9.17) is 9.84 Å². The molecule has 0 aromatic carbocycles. The predicted molar refractivity (Wildman–Crippen MR) is 66.4 cm³/mol. The molecule has 0 aromatic rings. The van der Waals surface area contributed by atoms with Gasteiger partial charge in [-0.25, -0.2) is 9.59 Å². The number of rotatable bonds is 9. The molecule has 104 valence electrons. The number of aliphatic carboxylic acids is 1. The standard InChI is InChI=1S/C12H22N2O4/c1-2-7-18-8-3-6-13-12(17)14-10(11(15)16)9-4-5-9/h9-10H,2-8H2,1H3,(H,15,16)(H2,13,14,17). The Morgan fingerprint density at radius 1 is 1.39 bits per heavy atom. The zero-order chi connectivity index (χ0) is 13.4. The van der Waals surface area contributed by atoms with Crippen LogP contribution in [0.3, 0.4) is 0 Å². The van der Waals surface area contributed by atoms with Gasteiger partial charge in [0, 0.05) is 19.8 Å². The van der Waals surface area contributed by atoms with E-state index >= 15 is 0 Å². The maximum Gasteiger partial charge on any atom is 0.326 e. The Kier molecular flexibility index (Phi) is 6.49. The van der Waals surface area contributed by atoms with Crippen molar-refractivity contribution in [3.63, 3.8) is 0 Å². The van der Waals surface area contributed by atoms with Crippen LogP contribution in [0.2, 0.25) is 0 Å². The van der Waals surface area contributed by atoms with E-state index in [1.54, 1.807) is 0 Å². The van der Waals surface area contributed by atoms with Gasteiger partial charge in [-0.1, -0.05) is 6.92 Å². The van der Waals surface area contributed by atoms with E-state index in [9.17, 15) is 9.59 Å². The molecule has 0 aromatic heterocycles. The second-order valence-corrected chi connectivity index (χ2v) is 4.52. The molecule has 0 bridgehead atoms. The summed E-state index contributed by atoms with van der Waals surface area (Å²) in [5.74, 6) is -0.861. The van der Waals surface area contributed by atoms with Gasteiger partial charge < -0.3 is 20.5 Å². The first kappa shape index (κ1) is 14.8. The lowest BCUT2D eigenvalue weighted by Gasteiger charge is -2.14. The summed E-state index contributed by atoms with van der Waals surface area (Å²) in [5.41, 5.74) is 0. The van der Waals surface area contributed by atoms with E-state index in [2.05, 4.69) is 10.6 Å². The number of hydrogen-bond donors (Lipinski definition) is 3. The quantitative estimate of drug-likeness (QED) is 0.538. The average Bonchev–Trinajstić information content (AvgIpc) is 3.14. The van der Waals surface area contributed by atoms with Crippen LogP contribution in [-0.2, 0) is 9.53 Å². The van der Waals surface area contributed by atoms with Crippen molar-refractivity contribution in [1.29, 1.82) is 0 Å². The van der Waals surface area contributed by atoms with E-state index in [1.165, 1.54) is 0 Å². The summed E-state index contributed by atoms with van der Waals surface area (Å²) in [5, 5.41) is 14.1.